The van der Waals surface area contributed by atoms with Crippen molar-refractivity contribution in [3.63, 3.8) is 0 Å². The number of aryl methyl sites for hydroxylation is 1. The van der Waals surface area contributed by atoms with Crippen molar-refractivity contribution in [3.05, 3.63) is 34.8 Å². The van der Waals surface area contributed by atoms with Gasteiger partial charge in [-0.1, -0.05) is 23.5 Å². The monoisotopic (exact) mass is 360 g/mol. The van der Waals surface area contributed by atoms with Crippen molar-refractivity contribution in [2.75, 3.05) is 16.8 Å². The number of nitrogens with one attached hydrogen (secondary N) is 1. The van der Waals surface area contributed by atoms with Gasteiger partial charge in [0.2, 0.25) is 5.91 Å². The number of amides is 2. The maximum Gasteiger partial charge on any atom is 0.352 e. The van der Waals surface area contributed by atoms with E-state index in [-0.39, 0.29) is 12.5 Å². The molecule has 1 aliphatic heterocycles. The van der Waals surface area contributed by atoms with Gasteiger partial charge in [0, 0.05) is 0 Å². The topological polar surface area (TPSA) is 101 Å². The van der Waals surface area contributed by atoms with Gasteiger partial charge in [-0.25, -0.2) is 4.79 Å². The number of ether oxygens (including phenoxy) is 1. The minimum absolute atomic E-state index is 0.125. The van der Waals surface area contributed by atoms with E-state index < -0.39 is 18.0 Å². The van der Waals surface area contributed by atoms with E-state index in [0.29, 0.717) is 28.4 Å². The number of rotatable bonds is 4. The third-order valence-electron chi connectivity index (χ3n) is 3.74. The molecule has 2 aromatic rings. The van der Waals surface area contributed by atoms with Crippen molar-refractivity contribution >= 4 is 40.7 Å². The van der Waals surface area contributed by atoms with Gasteiger partial charge in [0.15, 0.2) is 11.0 Å². The number of fused-ring (bicyclic) bond motifs is 1. The van der Waals surface area contributed by atoms with E-state index in [1.165, 1.54) is 11.8 Å². The van der Waals surface area contributed by atoms with Crippen LogP contribution in [-0.4, -0.2) is 40.0 Å². The molecule has 0 spiro atoms. The van der Waals surface area contributed by atoms with Crippen LogP contribution in [0, 0.1) is 0 Å². The van der Waals surface area contributed by atoms with Crippen LogP contribution in [0.1, 0.15) is 29.2 Å². The Hall–Kier alpha value is -2.81. The molecule has 1 aromatic carbocycles. The smallest absolute Gasteiger partial charge is 0.352 e. The van der Waals surface area contributed by atoms with Gasteiger partial charge in [0.25, 0.3) is 5.91 Å². The van der Waals surface area contributed by atoms with E-state index in [4.69, 9.17) is 4.74 Å². The molecule has 8 nitrogen and oxygen atoms in total. The quantitative estimate of drug-likeness (QED) is 0.832. The number of anilines is 2. The van der Waals surface area contributed by atoms with Crippen LogP contribution in [0.2, 0.25) is 0 Å². The van der Waals surface area contributed by atoms with Gasteiger partial charge in [-0.3, -0.25) is 14.5 Å². The summed E-state index contributed by atoms with van der Waals surface area (Å²) < 4.78 is 9.01. The Labute approximate surface area is 147 Å². The van der Waals surface area contributed by atoms with Gasteiger partial charge in [0.05, 0.1) is 17.1 Å². The lowest BCUT2D eigenvalue weighted by Gasteiger charge is -2.30. The Morgan fingerprint density at radius 1 is 1.40 bits per heavy atom. The molecule has 0 fully saturated rings. The number of hydrogen-bond acceptors (Lipinski definition) is 7. The highest BCUT2D eigenvalue weighted by Gasteiger charge is 2.32. The minimum Gasteiger partial charge on any atom is -0.448 e. The SMILES string of the molecule is CCc1nnsc1C(=O)O[C@H](C)C(=O)N1CC(=O)Nc2ccccc21. The Morgan fingerprint density at radius 3 is 2.92 bits per heavy atom. The number of aromatic nitrogens is 2. The summed E-state index contributed by atoms with van der Waals surface area (Å²) in [5.41, 5.74) is 1.66. The minimum atomic E-state index is -1.04. The molecule has 0 saturated heterocycles. The molecule has 1 aliphatic rings. The Kier molecular flexibility index (Phi) is 4.75. The van der Waals surface area contributed by atoms with Gasteiger partial charge in [-0.05, 0) is 37.0 Å². The summed E-state index contributed by atoms with van der Waals surface area (Å²) in [5, 5.41) is 6.56. The van der Waals surface area contributed by atoms with Crippen molar-refractivity contribution < 1.29 is 19.1 Å². The van der Waals surface area contributed by atoms with Crippen molar-refractivity contribution in [1.29, 1.82) is 0 Å². The molecule has 0 radical (unpaired) electrons. The second-order valence-electron chi connectivity index (χ2n) is 5.44. The van der Waals surface area contributed by atoms with E-state index in [1.54, 1.807) is 24.3 Å². The highest BCUT2D eigenvalue weighted by molar-refractivity contribution is 7.07. The largest absolute Gasteiger partial charge is 0.448 e. The lowest BCUT2D eigenvalue weighted by atomic mass is 10.1. The number of benzene rings is 1. The zero-order valence-electron chi connectivity index (χ0n) is 13.7. The molecule has 2 amide bonds. The molecule has 1 aromatic heterocycles. The zero-order chi connectivity index (χ0) is 18.0. The van der Waals surface area contributed by atoms with Gasteiger partial charge < -0.3 is 10.1 Å². The Bertz CT molecular complexity index is 835. The first-order chi connectivity index (χ1) is 12.0. The number of carbonyl (C=O) groups is 3. The van der Waals surface area contributed by atoms with Crippen LogP contribution in [0.25, 0.3) is 0 Å². The van der Waals surface area contributed by atoms with Crippen LogP contribution in [0.15, 0.2) is 24.3 Å². The first-order valence-corrected chi connectivity index (χ1v) is 8.51. The highest BCUT2D eigenvalue weighted by Crippen LogP contribution is 2.29. The standard InChI is InChI=1S/C16H16N4O4S/c1-3-10-14(25-19-18-10)16(23)24-9(2)15(22)20-8-13(21)17-11-6-4-5-7-12(11)20/h4-7,9H,3,8H2,1-2H3,(H,17,21)/t9-/m1/s1. The predicted molar refractivity (Wildman–Crippen MR) is 91.6 cm³/mol. The number of carbonyl (C=O) groups excluding carboxylic acids is 3. The molecule has 130 valence electrons. The summed E-state index contributed by atoms with van der Waals surface area (Å²) >= 11 is 0.936. The second kappa shape index (κ2) is 6.98. The molecule has 2 heterocycles. The first kappa shape index (κ1) is 17.0. The predicted octanol–water partition coefficient (Wildman–Crippen LogP) is 1.63. The molecule has 1 atom stereocenters. The summed E-state index contributed by atoms with van der Waals surface area (Å²) in [7, 11) is 0. The van der Waals surface area contributed by atoms with Crippen molar-refractivity contribution in [2.24, 2.45) is 0 Å². The average Bonchev–Trinajstić information content (AvgIpc) is 3.09. The van der Waals surface area contributed by atoms with E-state index in [2.05, 4.69) is 14.9 Å². The third-order valence-corrected chi connectivity index (χ3v) is 4.49. The summed E-state index contributed by atoms with van der Waals surface area (Å²) in [5.74, 6) is -1.40. The molecule has 0 aliphatic carbocycles. The fourth-order valence-corrected chi connectivity index (χ4v) is 3.14. The normalized spacial score (nSPS) is 14.5. The van der Waals surface area contributed by atoms with Crippen LogP contribution < -0.4 is 10.2 Å². The van der Waals surface area contributed by atoms with Crippen LogP contribution >= 0.6 is 11.5 Å². The second-order valence-corrected chi connectivity index (χ2v) is 6.19. The maximum absolute atomic E-state index is 12.7. The fraction of sp³-hybridized carbons (Fsp3) is 0.312. The lowest BCUT2D eigenvalue weighted by Crippen LogP contribution is -2.47. The average molecular weight is 360 g/mol. The molecule has 3 rings (SSSR count). The van der Waals surface area contributed by atoms with Crippen LogP contribution in [0.5, 0.6) is 0 Å². The summed E-state index contributed by atoms with van der Waals surface area (Å²) in [6.45, 7) is 3.21. The van der Waals surface area contributed by atoms with Gasteiger partial charge in [0.1, 0.15) is 6.54 Å². The van der Waals surface area contributed by atoms with Crippen LogP contribution in [0.3, 0.4) is 0 Å². The molecule has 0 bridgehead atoms. The Morgan fingerprint density at radius 2 is 2.16 bits per heavy atom. The van der Waals surface area contributed by atoms with E-state index in [0.717, 1.165) is 11.5 Å². The first-order valence-electron chi connectivity index (χ1n) is 7.73. The summed E-state index contributed by atoms with van der Waals surface area (Å²) in [6, 6.07) is 6.97. The molecule has 1 N–H and O–H groups in total. The van der Waals surface area contributed by atoms with Gasteiger partial charge in [-0.2, -0.15) is 0 Å². The molecule has 0 saturated carbocycles. The molecule has 25 heavy (non-hydrogen) atoms. The summed E-state index contributed by atoms with van der Waals surface area (Å²) in [4.78, 5) is 38.4. The summed E-state index contributed by atoms with van der Waals surface area (Å²) in [6.07, 6.45) is -0.499. The molecular weight excluding hydrogens is 344 g/mol. The Balaban J connectivity index is 1.77. The molecule has 9 heteroatoms. The molecular formula is C16H16N4O4S. The van der Waals surface area contributed by atoms with Crippen molar-refractivity contribution in [1.82, 2.24) is 9.59 Å². The zero-order valence-corrected chi connectivity index (χ0v) is 14.5. The number of para-hydroxylation sites is 2. The number of nitrogens with zero attached hydrogens (tertiary/aromatic N) is 3. The van der Waals surface area contributed by atoms with Crippen molar-refractivity contribution in [2.45, 2.75) is 26.4 Å². The van der Waals surface area contributed by atoms with Gasteiger partial charge >= 0.3 is 5.97 Å². The van der Waals surface area contributed by atoms with Crippen molar-refractivity contribution in [3.8, 4) is 0 Å². The van der Waals surface area contributed by atoms with E-state index >= 15 is 0 Å². The highest BCUT2D eigenvalue weighted by atomic mass is 32.1. The van der Waals surface area contributed by atoms with E-state index in [1.807, 2.05) is 6.92 Å². The van der Waals surface area contributed by atoms with Crippen LogP contribution in [-0.2, 0) is 20.7 Å². The number of hydrogen-bond donors (Lipinski definition) is 1. The maximum atomic E-state index is 12.7. The lowest BCUT2D eigenvalue weighted by molar-refractivity contribution is -0.128. The molecule has 0 unspecified atom stereocenters. The fourth-order valence-electron chi connectivity index (χ4n) is 2.51. The number of esters is 1. The third kappa shape index (κ3) is 3.36. The van der Waals surface area contributed by atoms with Crippen LogP contribution in [0.4, 0.5) is 11.4 Å². The van der Waals surface area contributed by atoms with E-state index in [9.17, 15) is 14.4 Å². The van der Waals surface area contributed by atoms with Gasteiger partial charge in [-0.15, -0.1) is 5.10 Å².